The molecule has 0 atom stereocenters. The van der Waals surface area contributed by atoms with Crippen molar-refractivity contribution in [2.45, 2.75) is 19.8 Å². The number of aryl methyl sites for hydroxylation is 1. The van der Waals surface area contributed by atoms with E-state index >= 15 is 0 Å². The zero-order valence-electron chi connectivity index (χ0n) is 18.5. The number of carbonyl (C=O) groups is 1. The summed E-state index contributed by atoms with van der Waals surface area (Å²) in [5, 5.41) is 19.3. The van der Waals surface area contributed by atoms with E-state index in [0.29, 0.717) is 24.6 Å². The summed E-state index contributed by atoms with van der Waals surface area (Å²) in [6.07, 6.45) is 0.717. The Kier molecular flexibility index (Phi) is 8.44. The van der Waals surface area contributed by atoms with Gasteiger partial charge in [0.25, 0.3) is 0 Å². The molecule has 33 heavy (non-hydrogen) atoms. The van der Waals surface area contributed by atoms with Gasteiger partial charge < -0.3 is 15.1 Å². The summed E-state index contributed by atoms with van der Waals surface area (Å²) in [7, 11) is 0. The van der Waals surface area contributed by atoms with Crippen molar-refractivity contribution in [3.05, 3.63) is 106 Å². The van der Waals surface area contributed by atoms with Crippen LogP contribution < -0.4 is 0 Å². The van der Waals surface area contributed by atoms with Gasteiger partial charge in [0.05, 0.1) is 12.1 Å². The van der Waals surface area contributed by atoms with Crippen LogP contribution in [0.4, 0.5) is 0 Å². The number of rotatable bonds is 9. The average molecular weight is 507 g/mol. The summed E-state index contributed by atoms with van der Waals surface area (Å²) < 4.78 is 0.922. The molecular weight excluding hydrogens is 480 g/mol. The summed E-state index contributed by atoms with van der Waals surface area (Å²) in [5.41, 5.74) is 4.25. The normalized spacial score (nSPS) is 11.3. The molecule has 2 N–H and O–H groups in total. The molecule has 0 aliphatic rings. The Labute approximate surface area is 202 Å². The molecule has 0 fully saturated rings. The Morgan fingerprint density at radius 3 is 2.45 bits per heavy atom. The number of amidine groups is 1. The second kappa shape index (κ2) is 11.5. The number of benzene rings is 3. The average Bonchev–Trinajstić information content (AvgIpc) is 2.78. The first-order chi connectivity index (χ1) is 15.8. The van der Waals surface area contributed by atoms with Crippen LogP contribution in [0.25, 0.3) is 5.70 Å². The minimum Gasteiger partial charge on any atom is -0.508 e. The number of halogens is 1. The van der Waals surface area contributed by atoms with Gasteiger partial charge >= 0.3 is 5.97 Å². The number of phenols is 1. The van der Waals surface area contributed by atoms with E-state index in [-0.39, 0.29) is 12.2 Å². The fraction of sp³-hybridized carbons (Fsp3) is 0.185. The van der Waals surface area contributed by atoms with Crippen molar-refractivity contribution < 1.29 is 15.0 Å². The maximum absolute atomic E-state index is 11.4. The predicted molar refractivity (Wildman–Crippen MR) is 137 cm³/mol. The van der Waals surface area contributed by atoms with E-state index in [1.165, 1.54) is 0 Å². The molecule has 0 aliphatic heterocycles. The second-order valence-electron chi connectivity index (χ2n) is 7.76. The lowest BCUT2D eigenvalue weighted by Crippen LogP contribution is -2.36. The number of aliphatic carboxylic acids is 1. The maximum atomic E-state index is 11.4. The minimum absolute atomic E-state index is 0.0195. The summed E-state index contributed by atoms with van der Waals surface area (Å²) >= 11 is 3.49. The highest BCUT2D eigenvalue weighted by molar-refractivity contribution is 9.10. The van der Waals surface area contributed by atoms with Gasteiger partial charge in [0.2, 0.25) is 0 Å². The van der Waals surface area contributed by atoms with Crippen LogP contribution in [0.5, 0.6) is 5.75 Å². The van der Waals surface area contributed by atoms with Crippen LogP contribution in [0.15, 0.2) is 88.8 Å². The monoisotopic (exact) mass is 506 g/mol. The van der Waals surface area contributed by atoms with Crippen molar-refractivity contribution in [1.29, 1.82) is 0 Å². The van der Waals surface area contributed by atoms with Crippen LogP contribution in [0.3, 0.4) is 0 Å². The van der Waals surface area contributed by atoms with Crippen LogP contribution >= 0.6 is 15.9 Å². The smallest absolute Gasteiger partial charge is 0.305 e. The minimum atomic E-state index is -0.868. The van der Waals surface area contributed by atoms with Gasteiger partial charge in [0.1, 0.15) is 11.6 Å². The molecule has 0 bridgehead atoms. The molecule has 0 spiro atoms. The summed E-state index contributed by atoms with van der Waals surface area (Å²) in [5.74, 6) is -0.0650. The molecule has 0 aromatic heterocycles. The topological polar surface area (TPSA) is 73.1 Å². The fourth-order valence-electron chi connectivity index (χ4n) is 3.52. The quantitative estimate of drug-likeness (QED) is 0.280. The highest BCUT2D eigenvalue weighted by atomic mass is 79.9. The van der Waals surface area contributed by atoms with Crippen molar-refractivity contribution in [1.82, 2.24) is 4.90 Å². The lowest BCUT2D eigenvalue weighted by atomic mass is 10.0. The number of aromatic hydroxyl groups is 1. The number of aliphatic imine (C=N–C) groups is 1. The molecule has 3 rings (SSSR count). The Hall–Kier alpha value is -3.38. The molecule has 3 aromatic rings. The highest BCUT2D eigenvalue weighted by Gasteiger charge is 2.18. The van der Waals surface area contributed by atoms with Crippen molar-refractivity contribution >= 4 is 33.4 Å². The molecule has 0 aliphatic carbocycles. The number of carboxylic acids is 1. The Morgan fingerprint density at radius 2 is 1.79 bits per heavy atom. The predicted octanol–water partition coefficient (Wildman–Crippen LogP) is 5.90. The van der Waals surface area contributed by atoms with Crippen LogP contribution in [-0.4, -0.2) is 40.0 Å². The van der Waals surface area contributed by atoms with Gasteiger partial charge in [-0.15, -0.1) is 0 Å². The molecule has 6 heteroatoms. The third-order valence-electron chi connectivity index (χ3n) is 5.26. The highest BCUT2D eigenvalue weighted by Crippen LogP contribution is 2.23. The number of nitrogens with zero attached hydrogens (tertiary/aromatic N) is 2. The molecular formula is C27H27BrN2O3. The summed E-state index contributed by atoms with van der Waals surface area (Å²) in [4.78, 5) is 18.3. The van der Waals surface area contributed by atoms with Gasteiger partial charge in [-0.1, -0.05) is 65.0 Å². The zero-order chi connectivity index (χ0) is 23.8. The molecule has 5 nitrogen and oxygen atoms in total. The van der Waals surface area contributed by atoms with Gasteiger partial charge in [0, 0.05) is 28.7 Å². The van der Waals surface area contributed by atoms with Gasteiger partial charge in [-0.3, -0.25) is 4.79 Å². The molecule has 0 saturated carbocycles. The summed E-state index contributed by atoms with van der Waals surface area (Å²) in [6.45, 7) is 6.96. The Balaban J connectivity index is 2.03. The maximum Gasteiger partial charge on any atom is 0.305 e. The van der Waals surface area contributed by atoms with Crippen molar-refractivity contribution in [3.63, 3.8) is 0 Å². The fourth-order valence-corrected chi connectivity index (χ4v) is 3.92. The van der Waals surface area contributed by atoms with Crippen LogP contribution in [0, 0.1) is 6.92 Å². The number of carboxylic acid groups (broad SMARTS) is 1. The Morgan fingerprint density at radius 1 is 1.03 bits per heavy atom. The van der Waals surface area contributed by atoms with E-state index in [1.807, 2.05) is 60.4 Å². The van der Waals surface area contributed by atoms with E-state index in [1.54, 1.807) is 12.1 Å². The number of hydrogen-bond donors (Lipinski definition) is 2. The van der Waals surface area contributed by atoms with Crippen molar-refractivity contribution in [2.75, 3.05) is 13.1 Å². The first kappa shape index (κ1) is 24.3. The van der Waals surface area contributed by atoms with Crippen molar-refractivity contribution in [2.24, 2.45) is 4.99 Å². The van der Waals surface area contributed by atoms with Gasteiger partial charge in [-0.05, 0) is 54.8 Å². The number of phenolic OH excluding ortho intramolecular Hbond substituents is 1. The van der Waals surface area contributed by atoms with Crippen LogP contribution in [0.2, 0.25) is 0 Å². The molecule has 170 valence electrons. The van der Waals surface area contributed by atoms with Crippen molar-refractivity contribution in [3.8, 4) is 5.75 Å². The third kappa shape index (κ3) is 7.05. The van der Waals surface area contributed by atoms with E-state index < -0.39 is 5.97 Å². The van der Waals surface area contributed by atoms with Gasteiger partial charge in [-0.25, -0.2) is 4.99 Å². The largest absolute Gasteiger partial charge is 0.508 e. The lowest BCUT2D eigenvalue weighted by Gasteiger charge is -2.27. The number of hydrogen-bond acceptors (Lipinski definition) is 3. The van der Waals surface area contributed by atoms with E-state index in [2.05, 4.69) is 34.6 Å². The van der Waals surface area contributed by atoms with Gasteiger partial charge in [-0.2, -0.15) is 0 Å². The molecule has 3 aromatic carbocycles. The van der Waals surface area contributed by atoms with E-state index in [9.17, 15) is 15.0 Å². The molecule has 0 radical (unpaired) electrons. The second-order valence-corrected chi connectivity index (χ2v) is 8.67. The third-order valence-corrected chi connectivity index (χ3v) is 5.75. The standard InChI is InChI=1S/C27H27BrN2O3/c1-19-17-24(31)11-12-25(19)27(29-20(2)22-9-6-10-23(28)18-22)30(16-14-26(32)33)15-13-21-7-4-3-5-8-21/h3-12,17-18,31H,2,13-16H2,1H3,(H,32,33). The molecule has 0 saturated heterocycles. The first-order valence-corrected chi connectivity index (χ1v) is 11.5. The molecule has 0 unspecified atom stereocenters. The first-order valence-electron chi connectivity index (χ1n) is 10.7. The lowest BCUT2D eigenvalue weighted by molar-refractivity contribution is -0.137. The Bertz CT molecular complexity index is 1160. The SMILES string of the molecule is C=C(N=C(c1ccc(O)cc1C)N(CCC(=O)O)CCc1ccccc1)c1cccc(Br)c1. The van der Waals surface area contributed by atoms with Crippen LogP contribution in [0.1, 0.15) is 28.7 Å². The summed E-state index contributed by atoms with van der Waals surface area (Å²) in [6, 6.07) is 22.9. The molecule has 0 heterocycles. The van der Waals surface area contributed by atoms with Gasteiger partial charge in [0.15, 0.2) is 0 Å². The van der Waals surface area contributed by atoms with E-state index in [4.69, 9.17) is 4.99 Å². The van der Waals surface area contributed by atoms with Crippen LogP contribution in [-0.2, 0) is 11.2 Å². The molecule has 0 amide bonds. The zero-order valence-corrected chi connectivity index (χ0v) is 20.1. The van der Waals surface area contributed by atoms with E-state index in [0.717, 1.165) is 33.1 Å².